The second-order valence-electron chi connectivity index (χ2n) is 14.4. The van der Waals surface area contributed by atoms with E-state index in [1.807, 2.05) is 45.2 Å². The van der Waals surface area contributed by atoms with Gasteiger partial charge in [-0.05, 0) is 100 Å². The smallest absolute Gasteiger partial charge is 0.261 e. The zero-order valence-electron chi connectivity index (χ0n) is 32.0. The van der Waals surface area contributed by atoms with Crippen LogP contribution in [0.15, 0.2) is 102 Å². The molecule has 4 aromatic carbocycles. The van der Waals surface area contributed by atoms with Crippen molar-refractivity contribution in [2.75, 3.05) is 49.1 Å². The van der Waals surface area contributed by atoms with E-state index in [1.165, 1.54) is 18.2 Å². The number of benzene rings is 4. The van der Waals surface area contributed by atoms with Crippen LogP contribution in [-0.4, -0.2) is 86.7 Å². The van der Waals surface area contributed by atoms with E-state index in [0.717, 1.165) is 24.8 Å². The molecule has 55 heavy (non-hydrogen) atoms. The van der Waals surface area contributed by atoms with Crippen molar-refractivity contribution < 1.29 is 32.6 Å². The molecule has 0 unspecified atom stereocenters. The number of para-hydroxylation sites is 2. The maximum Gasteiger partial charge on any atom is 0.261 e. The molecule has 12 nitrogen and oxygen atoms in total. The number of hydrogen-bond acceptors (Lipinski definition) is 9. The largest absolute Gasteiger partial charge is 0.490 e. The lowest BCUT2D eigenvalue weighted by Crippen LogP contribution is -2.47. The number of aliphatic hydroxyl groups excluding tert-OH is 1. The number of ether oxygens (including phenoxy) is 2. The number of hydrogen-bond donors (Lipinski definition) is 4. The summed E-state index contributed by atoms with van der Waals surface area (Å²) in [6, 6.07) is 26.8. The molecule has 0 saturated heterocycles. The zero-order chi connectivity index (χ0) is 39.5. The number of fused-ring (bicyclic) bond motifs is 1. The van der Waals surface area contributed by atoms with Crippen LogP contribution in [0.25, 0.3) is 0 Å². The van der Waals surface area contributed by atoms with Gasteiger partial charge in [-0.1, -0.05) is 49.4 Å². The third-order valence-electron chi connectivity index (χ3n) is 9.73. The van der Waals surface area contributed by atoms with Gasteiger partial charge in [0.2, 0.25) is 0 Å². The highest BCUT2D eigenvalue weighted by Crippen LogP contribution is 2.30. The zero-order valence-corrected chi connectivity index (χ0v) is 32.8. The van der Waals surface area contributed by atoms with Crippen LogP contribution in [-0.2, 0) is 21.3 Å². The molecule has 1 heterocycles. The molecule has 0 aliphatic carbocycles. The van der Waals surface area contributed by atoms with Crippen LogP contribution in [0.1, 0.15) is 66.3 Å². The molecule has 1 aliphatic rings. The van der Waals surface area contributed by atoms with E-state index in [9.17, 15) is 23.1 Å². The van der Waals surface area contributed by atoms with Crippen molar-refractivity contribution in [3.05, 3.63) is 114 Å². The molecule has 1 aliphatic heterocycles. The molecule has 0 bridgehead atoms. The Morgan fingerprint density at radius 3 is 2.42 bits per heavy atom. The summed E-state index contributed by atoms with van der Waals surface area (Å²) >= 11 is 0. The number of carbonyl (C=O) groups excluding carboxylic acids is 2. The highest BCUT2D eigenvalue weighted by atomic mass is 32.2. The topological polar surface area (TPSA) is 164 Å². The monoisotopic (exact) mass is 771 g/mol. The summed E-state index contributed by atoms with van der Waals surface area (Å²) in [4.78, 5) is 31.2. The number of nitrogens with zero attached hydrogens (tertiary/aromatic N) is 2. The van der Waals surface area contributed by atoms with E-state index >= 15 is 0 Å². The molecule has 13 heteroatoms. The van der Waals surface area contributed by atoms with E-state index in [-0.39, 0.29) is 59.2 Å². The summed E-state index contributed by atoms with van der Waals surface area (Å²) in [7, 11) is -1.91. The van der Waals surface area contributed by atoms with Gasteiger partial charge in [-0.25, -0.2) is 8.42 Å². The number of likely N-dealkylation sites (N-methyl/N-ethyl adjacent to an activating group) is 1. The Morgan fingerprint density at radius 2 is 1.71 bits per heavy atom. The lowest BCUT2D eigenvalue weighted by atomic mass is 10.0. The van der Waals surface area contributed by atoms with Gasteiger partial charge in [0.15, 0.2) is 0 Å². The van der Waals surface area contributed by atoms with Gasteiger partial charge in [-0.15, -0.1) is 0 Å². The van der Waals surface area contributed by atoms with E-state index in [4.69, 9.17) is 15.2 Å². The summed E-state index contributed by atoms with van der Waals surface area (Å²) in [5, 5.41) is 13.2. The van der Waals surface area contributed by atoms with Gasteiger partial charge >= 0.3 is 0 Å². The molecule has 5 N–H and O–H groups in total. The number of rotatable bonds is 11. The molecular formula is C42H53N5O7S. The summed E-state index contributed by atoms with van der Waals surface area (Å²) < 4.78 is 41.8. The van der Waals surface area contributed by atoms with Gasteiger partial charge in [0.25, 0.3) is 21.8 Å². The minimum atomic E-state index is -3.92. The fraction of sp³-hybridized carbons (Fsp3) is 0.381. The fourth-order valence-electron chi connectivity index (χ4n) is 6.51. The molecule has 0 spiro atoms. The van der Waals surface area contributed by atoms with Crippen LogP contribution in [0.5, 0.6) is 5.75 Å². The van der Waals surface area contributed by atoms with E-state index in [2.05, 4.69) is 14.9 Å². The van der Waals surface area contributed by atoms with Crippen LogP contribution in [0.2, 0.25) is 0 Å². The van der Waals surface area contributed by atoms with Crippen LogP contribution in [0, 0.1) is 5.92 Å². The van der Waals surface area contributed by atoms with E-state index in [0.29, 0.717) is 42.4 Å². The minimum Gasteiger partial charge on any atom is -0.490 e. The highest BCUT2D eigenvalue weighted by molar-refractivity contribution is 7.92. The second-order valence-corrected chi connectivity index (χ2v) is 16.0. The average Bonchev–Trinajstić information content (AvgIpc) is 3.17. The lowest BCUT2D eigenvalue weighted by molar-refractivity contribution is -0.0177. The first-order chi connectivity index (χ1) is 26.3. The van der Waals surface area contributed by atoms with Crippen LogP contribution in [0.3, 0.4) is 0 Å². The number of nitrogen functional groups attached to an aromatic ring is 1. The Bertz CT molecular complexity index is 2000. The number of nitrogens with one attached hydrogen (secondary N) is 2. The van der Waals surface area contributed by atoms with Crippen molar-refractivity contribution in [2.45, 2.75) is 69.7 Å². The van der Waals surface area contributed by atoms with Gasteiger partial charge in [0, 0.05) is 43.4 Å². The molecule has 294 valence electrons. The van der Waals surface area contributed by atoms with Gasteiger partial charge in [0.1, 0.15) is 5.75 Å². The number of amides is 2. The molecular weight excluding hydrogens is 719 g/mol. The number of carbonyl (C=O) groups is 2. The Hall–Kier alpha value is -4.95. The van der Waals surface area contributed by atoms with E-state index < -0.39 is 16.1 Å². The summed E-state index contributed by atoms with van der Waals surface area (Å²) in [5.41, 5.74) is 8.99. The number of sulfonamides is 1. The number of anilines is 3. The Kier molecular flexibility index (Phi) is 14.3. The predicted molar refractivity (Wildman–Crippen MR) is 216 cm³/mol. The second kappa shape index (κ2) is 19.1. The fourth-order valence-corrected chi connectivity index (χ4v) is 7.58. The summed E-state index contributed by atoms with van der Waals surface area (Å²) in [6.07, 6.45) is 1.92. The molecule has 4 aromatic rings. The molecule has 0 fully saturated rings. The lowest BCUT2D eigenvalue weighted by Gasteiger charge is -2.36. The Labute approximate surface area is 324 Å². The molecule has 5 rings (SSSR count). The third-order valence-corrected chi connectivity index (χ3v) is 11.1. The first-order valence-corrected chi connectivity index (χ1v) is 20.2. The quantitative estimate of drug-likeness (QED) is 0.129. The summed E-state index contributed by atoms with van der Waals surface area (Å²) in [6.45, 7) is 7.45. The first kappa shape index (κ1) is 41.2. The Balaban J connectivity index is 1.33. The predicted octanol–water partition coefficient (Wildman–Crippen LogP) is 6.25. The molecule has 0 radical (unpaired) electrons. The number of aliphatic hydroxyl groups is 1. The summed E-state index contributed by atoms with van der Waals surface area (Å²) in [5.74, 6) is -0.438. The van der Waals surface area contributed by atoms with Crippen molar-refractivity contribution in [3.8, 4) is 5.75 Å². The van der Waals surface area contributed by atoms with Crippen molar-refractivity contribution in [3.63, 3.8) is 0 Å². The maximum absolute atomic E-state index is 14.5. The van der Waals surface area contributed by atoms with Gasteiger partial charge in [0.05, 0.1) is 46.7 Å². The third kappa shape index (κ3) is 11.3. The van der Waals surface area contributed by atoms with Crippen LogP contribution >= 0.6 is 0 Å². The van der Waals surface area contributed by atoms with Gasteiger partial charge < -0.3 is 30.5 Å². The SMILES string of the molecule is C[C@@H]1CCCCO[C@H](CN(C)Cc2ccc(C(=O)Nc3ccccc3N)cc2)[C@@H](C)CN([C@H](C)CO)C(=O)c2cc(NS(=O)(=O)c3ccccc3)ccc2O1. The van der Waals surface area contributed by atoms with Gasteiger partial charge in [-0.3, -0.25) is 19.2 Å². The normalized spacial score (nSPS) is 19.1. The van der Waals surface area contributed by atoms with E-state index in [1.54, 1.807) is 66.4 Å². The van der Waals surface area contributed by atoms with Crippen molar-refractivity contribution in [1.82, 2.24) is 9.80 Å². The van der Waals surface area contributed by atoms with Crippen molar-refractivity contribution in [2.24, 2.45) is 5.92 Å². The molecule has 2 amide bonds. The van der Waals surface area contributed by atoms with Crippen molar-refractivity contribution in [1.29, 1.82) is 0 Å². The first-order valence-electron chi connectivity index (χ1n) is 18.7. The molecule has 4 atom stereocenters. The van der Waals surface area contributed by atoms with Gasteiger partial charge in [-0.2, -0.15) is 0 Å². The highest BCUT2D eigenvalue weighted by Gasteiger charge is 2.31. The maximum atomic E-state index is 14.5. The minimum absolute atomic E-state index is 0.0980. The van der Waals surface area contributed by atoms with Crippen LogP contribution in [0.4, 0.5) is 17.1 Å². The Morgan fingerprint density at radius 1 is 1.00 bits per heavy atom. The molecule has 0 aromatic heterocycles. The van der Waals surface area contributed by atoms with Crippen molar-refractivity contribution >= 4 is 38.9 Å². The molecule has 0 saturated carbocycles. The number of nitrogens with two attached hydrogens (primary N) is 1. The van der Waals surface area contributed by atoms with Crippen LogP contribution < -0.4 is 20.5 Å². The standard InChI is InChI=1S/C42H53N5O7S/c1-29-25-47(30(2)28-48)42(50)36-24-34(45-55(51,52)35-13-6-5-7-14-35)21-22-39(36)54-31(3)12-10-11-23-53-40(29)27-46(4)26-32-17-19-33(20-18-32)41(49)44-38-16-9-8-15-37(38)43/h5-9,13-22,24,29-31,40,45,48H,10-12,23,25-28,43H2,1-4H3,(H,44,49)/t29-,30+,31+,40+/m0/s1. The average molecular weight is 772 g/mol.